The van der Waals surface area contributed by atoms with Gasteiger partial charge < -0.3 is 10.1 Å². The first-order valence-corrected chi connectivity index (χ1v) is 12.0. The maximum Gasteiger partial charge on any atom is 0.224 e. The Kier molecular flexibility index (Phi) is 6.77. The number of methoxy groups -OCH3 is 1. The summed E-state index contributed by atoms with van der Waals surface area (Å²) < 4.78 is 20.8. The molecule has 0 radical (unpaired) electrons. The van der Waals surface area contributed by atoms with Gasteiger partial charge in [-0.05, 0) is 73.5 Å². The van der Waals surface area contributed by atoms with Crippen LogP contribution in [-0.4, -0.2) is 40.6 Å². The monoisotopic (exact) mass is 472 g/mol. The van der Waals surface area contributed by atoms with Gasteiger partial charge in [0.05, 0.1) is 30.6 Å². The summed E-state index contributed by atoms with van der Waals surface area (Å²) in [7, 11) is 1.64. The SMILES string of the molecule is COc1ccc(CNC(=O)[C@@H]2CCCN(Cc3nc4ccccc4n3-c3ccc(F)cc3)C2)cc1. The maximum absolute atomic E-state index is 13.6. The molecule has 1 amide bonds. The molecule has 1 saturated heterocycles. The summed E-state index contributed by atoms with van der Waals surface area (Å²) >= 11 is 0. The van der Waals surface area contributed by atoms with Crippen LogP contribution in [0, 0.1) is 11.7 Å². The van der Waals surface area contributed by atoms with E-state index in [0.717, 1.165) is 53.2 Å². The first-order chi connectivity index (χ1) is 17.1. The lowest BCUT2D eigenvalue weighted by Crippen LogP contribution is -2.42. The Bertz CT molecular complexity index is 1300. The van der Waals surface area contributed by atoms with Crippen molar-refractivity contribution >= 4 is 16.9 Å². The van der Waals surface area contributed by atoms with E-state index in [4.69, 9.17) is 9.72 Å². The molecule has 35 heavy (non-hydrogen) atoms. The minimum atomic E-state index is -0.265. The van der Waals surface area contributed by atoms with E-state index in [9.17, 15) is 9.18 Å². The molecule has 2 heterocycles. The molecule has 5 rings (SSSR count). The summed E-state index contributed by atoms with van der Waals surface area (Å²) in [6, 6.07) is 22.2. The van der Waals surface area contributed by atoms with Crippen molar-refractivity contribution in [3.05, 3.63) is 90.0 Å². The van der Waals surface area contributed by atoms with Gasteiger partial charge in [-0.3, -0.25) is 14.3 Å². The van der Waals surface area contributed by atoms with Gasteiger partial charge in [-0.2, -0.15) is 0 Å². The molecule has 1 aromatic heterocycles. The number of piperidine rings is 1. The zero-order valence-corrected chi connectivity index (χ0v) is 19.8. The van der Waals surface area contributed by atoms with Crippen LogP contribution in [0.3, 0.4) is 0 Å². The number of amides is 1. The van der Waals surface area contributed by atoms with Crippen molar-refractivity contribution in [3.63, 3.8) is 0 Å². The molecule has 4 aromatic rings. The normalized spacial score (nSPS) is 16.3. The van der Waals surface area contributed by atoms with Gasteiger partial charge >= 0.3 is 0 Å². The number of carbonyl (C=O) groups excluding carboxylic acids is 1. The summed E-state index contributed by atoms with van der Waals surface area (Å²) in [6.45, 7) is 2.71. The Balaban J connectivity index is 1.29. The number of hydrogen-bond donors (Lipinski definition) is 1. The molecule has 6 nitrogen and oxygen atoms in total. The van der Waals surface area contributed by atoms with E-state index in [1.54, 1.807) is 19.2 Å². The highest BCUT2D eigenvalue weighted by Crippen LogP contribution is 2.25. The number of hydrogen-bond acceptors (Lipinski definition) is 4. The third-order valence-electron chi connectivity index (χ3n) is 6.58. The highest BCUT2D eigenvalue weighted by atomic mass is 19.1. The van der Waals surface area contributed by atoms with Crippen LogP contribution in [0.15, 0.2) is 72.8 Å². The van der Waals surface area contributed by atoms with Crippen LogP contribution in [0.1, 0.15) is 24.2 Å². The van der Waals surface area contributed by atoms with Gasteiger partial charge in [-0.25, -0.2) is 9.37 Å². The van der Waals surface area contributed by atoms with Gasteiger partial charge in [0.2, 0.25) is 5.91 Å². The molecule has 1 fully saturated rings. The van der Waals surface area contributed by atoms with Crippen molar-refractivity contribution in [3.8, 4) is 11.4 Å². The van der Waals surface area contributed by atoms with Gasteiger partial charge in [0.15, 0.2) is 0 Å². The van der Waals surface area contributed by atoms with Crippen LogP contribution < -0.4 is 10.1 Å². The predicted octanol–water partition coefficient (Wildman–Crippen LogP) is 4.70. The lowest BCUT2D eigenvalue weighted by Gasteiger charge is -2.31. The van der Waals surface area contributed by atoms with E-state index in [1.807, 2.05) is 48.5 Å². The molecule has 1 atom stereocenters. The lowest BCUT2D eigenvalue weighted by atomic mass is 9.97. The molecule has 0 bridgehead atoms. The lowest BCUT2D eigenvalue weighted by molar-refractivity contribution is -0.127. The fourth-order valence-electron chi connectivity index (χ4n) is 4.75. The van der Waals surface area contributed by atoms with E-state index in [1.165, 1.54) is 12.1 Å². The van der Waals surface area contributed by atoms with Gasteiger partial charge in [-0.15, -0.1) is 0 Å². The van der Waals surface area contributed by atoms with Crippen LogP contribution in [0.25, 0.3) is 16.7 Å². The number of nitrogens with one attached hydrogen (secondary N) is 1. The average molecular weight is 473 g/mol. The fourth-order valence-corrected chi connectivity index (χ4v) is 4.75. The van der Waals surface area contributed by atoms with Crippen molar-refractivity contribution < 1.29 is 13.9 Å². The van der Waals surface area contributed by atoms with Gasteiger partial charge in [-0.1, -0.05) is 24.3 Å². The van der Waals surface area contributed by atoms with Crippen molar-refractivity contribution in [1.82, 2.24) is 19.8 Å². The zero-order valence-electron chi connectivity index (χ0n) is 19.8. The number of carbonyl (C=O) groups is 1. The first-order valence-electron chi connectivity index (χ1n) is 12.0. The molecular formula is C28H29FN4O2. The summed E-state index contributed by atoms with van der Waals surface area (Å²) in [5.74, 6) is 1.44. The number of likely N-dealkylation sites (tertiary alicyclic amines) is 1. The smallest absolute Gasteiger partial charge is 0.224 e. The second-order valence-corrected chi connectivity index (χ2v) is 8.97. The van der Waals surface area contributed by atoms with Gasteiger partial charge in [0, 0.05) is 18.8 Å². The largest absolute Gasteiger partial charge is 0.497 e. The molecular weight excluding hydrogens is 443 g/mol. The number of benzene rings is 3. The Labute approximate surface area is 204 Å². The summed E-state index contributed by atoms with van der Waals surface area (Å²) in [6.07, 6.45) is 1.83. The van der Waals surface area contributed by atoms with Gasteiger partial charge in [0.25, 0.3) is 0 Å². The molecule has 0 saturated carbocycles. The number of imidazole rings is 1. The number of nitrogens with zero attached hydrogens (tertiary/aromatic N) is 3. The predicted molar refractivity (Wildman–Crippen MR) is 134 cm³/mol. The van der Waals surface area contributed by atoms with Crippen LogP contribution in [0.5, 0.6) is 5.75 Å². The first kappa shape index (κ1) is 23.1. The summed E-state index contributed by atoms with van der Waals surface area (Å²) in [5, 5.41) is 3.09. The second-order valence-electron chi connectivity index (χ2n) is 8.97. The third-order valence-corrected chi connectivity index (χ3v) is 6.58. The summed E-state index contributed by atoms with van der Waals surface area (Å²) in [5.41, 5.74) is 3.80. The van der Waals surface area contributed by atoms with E-state index >= 15 is 0 Å². The van der Waals surface area contributed by atoms with Crippen LogP contribution in [0.2, 0.25) is 0 Å². The van der Waals surface area contributed by atoms with E-state index < -0.39 is 0 Å². The highest BCUT2D eigenvalue weighted by molar-refractivity contribution is 5.79. The molecule has 0 unspecified atom stereocenters. The molecule has 0 spiro atoms. The quantitative estimate of drug-likeness (QED) is 0.424. The molecule has 7 heteroatoms. The Morgan fingerprint density at radius 2 is 1.86 bits per heavy atom. The van der Waals surface area contributed by atoms with Gasteiger partial charge in [0.1, 0.15) is 17.4 Å². The Hall–Kier alpha value is -3.71. The third kappa shape index (κ3) is 5.20. The van der Waals surface area contributed by atoms with Crippen molar-refractivity contribution in [2.75, 3.05) is 20.2 Å². The number of rotatable bonds is 7. The molecule has 3 aromatic carbocycles. The Morgan fingerprint density at radius 1 is 1.09 bits per heavy atom. The standard InChI is InChI=1S/C28H29FN4O2/c1-35-24-14-8-20(9-15-24)17-30-28(34)21-5-4-16-32(18-21)19-27-31-25-6-2-3-7-26(25)33(27)23-12-10-22(29)11-13-23/h2-3,6-15,21H,4-5,16-19H2,1H3,(H,30,34)/t21-/m1/s1. The van der Waals surface area contributed by atoms with Crippen molar-refractivity contribution in [2.24, 2.45) is 5.92 Å². The van der Waals surface area contributed by atoms with E-state index in [2.05, 4.69) is 14.8 Å². The highest BCUT2D eigenvalue weighted by Gasteiger charge is 2.27. The average Bonchev–Trinajstić information content (AvgIpc) is 3.26. The molecule has 1 N–H and O–H groups in total. The maximum atomic E-state index is 13.6. The van der Waals surface area contributed by atoms with Crippen molar-refractivity contribution in [1.29, 1.82) is 0 Å². The number of halogens is 1. The molecule has 1 aliphatic rings. The van der Waals surface area contributed by atoms with Crippen molar-refractivity contribution in [2.45, 2.75) is 25.9 Å². The second kappa shape index (κ2) is 10.3. The summed E-state index contributed by atoms with van der Waals surface area (Å²) in [4.78, 5) is 20.1. The van der Waals surface area contributed by atoms with Crippen LogP contribution in [0.4, 0.5) is 4.39 Å². The molecule has 180 valence electrons. The topological polar surface area (TPSA) is 59.4 Å². The number of aromatic nitrogens is 2. The minimum Gasteiger partial charge on any atom is -0.497 e. The number of fused-ring (bicyclic) bond motifs is 1. The Morgan fingerprint density at radius 3 is 2.63 bits per heavy atom. The number of para-hydroxylation sites is 2. The van der Waals surface area contributed by atoms with E-state index in [0.29, 0.717) is 19.6 Å². The fraction of sp³-hybridized carbons (Fsp3) is 0.286. The zero-order chi connectivity index (χ0) is 24.2. The molecule has 0 aliphatic carbocycles. The number of ether oxygens (including phenoxy) is 1. The van der Waals surface area contributed by atoms with E-state index in [-0.39, 0.29) is 17.6 Å². The minimum absolute atomic E-state index is 0.0642. The molecule has 1 aliphatic heterocycles. The van der Waals surface area contributed by atoms with Crippen LogP contribution in [-0.2, 0) is 17.9 Å². The van der Waals surface area contributed by atoms with Crippen LogP contribution >= 0.6 is 0 Å².